The Morgan fingerprint density at radius 2 is 1.58 bits per heavy atom. The largest absolute Gasteiger partial charge is 0.352 e. The minimum atomic E-state index is 0.00772. The molecule has 0 unspecified atom stereocenters. The number of allylic oxidation sites excluding steroid dienone is 2. The van der Waals surface area contributed by atoms with Gasteiger partial charge in [-0.3, -0.25) is 10.2 Å². The minimum Gasteiger partial charge on any atom is -0.352 e. The average Bonchev–Trinajstić information content (AvgIpc) is 2.53. The lowest BCUT2D eigenvalue weighted by Gasteiger charge is -2.13. The van der Waals surface area contributed by atoms with E-state index in [2.05, 4.69) is 55.7 Å². The fourth-order valence-corrected chi connectivity index (χ4v) is 1.97. The van der Waals surface area contributed by atoms with E-state index in [4.69, 9.17) is 0 Å². The van der Waals surface area contributed by atoms with Gasteiger partial charge in [0.25, 0.3) is 0 Å². The van der Waals surface area contributed by atoms with Crippen LogP contribution in [0.5, 0.6) is 0 Å². The normalized spacial score (nSPS) is 11.6. The summed E-state index contributed by atoms with van der Waals surface area (Å²) in [5.41, 5.74) is 8.64. The van der Waals surface area contributed by atoms with Gasteiger partial charge >= 0.3 is 0 Å². The Morgan fingerprint density at radius 1 is 1.00 bits per heavy atom. The topological polar surface area (TPSA) is 53.5 Å². The molecule has 0 aliphatic heterocycles. The van der Waals surface area contributed by atoms with Crippen LogP contribution in [-0.4, -0.2) is 11.6 Å². The lowest BCUT2D eigenvalue weighted by Crippen LogP contribution is -2.27. The third-order valence-electron chi connectivity index (χ3n) is 3.88. The molecule has 4 nitrogen and oxygen atoms in total. The van der Waals surface area contributed by atoms with Crippen molar-refractivity contribution in [1.29, 1.82) is 0 Å². The maximum atomic E-state index is 11.6. The van der Waals surface area contributed by atoms with Gasteiger partial charge in [0, 0.05) is 18.2 Å². The van der Waals surface area contributed by atoms with Gasteiger partial charge in [0.05, 0.1) is 5.71 Å². The molecule has 0 radical (unpaired) electrons. The highest BCUT2D eigenvalue weighted by Gasteiger charge is 2.10. The summed E-state index contributed by atoms with van der Waals surface area (Å²) in [7, 11) is 0. The van der Waals surface area contributed by atoms with Crippen LogP contribution >= 0.6 is 0 Å². The van der Waals surface area contributed by atoms with E-state index in [9.17, 15) is 4.79 Å². The first-order chi connectivity index (χ1) is 11.2. The molecule has 132 valence electrons. The number of hydrogen-bond acceptors (Lipinski definition) is 3. The Morgan fingerprint density at radius 3 is 2.04 bits per heavy atom. The van der Waals surface area contributed by atoms with Gasteiger partial charge in [-0.1, -0.05) is 57.5 Å². The van der Waals surface area contributed by atoms with Crippen molar-refractivity contribution in [2.45, 2.75) is 55.0 Å². The fraction of sp³-hybridized carbons (Fsp3) is 0.500. The monoisotopic (exact) mass is 329 g/mol. The van der Waals surface area contributed by atoms with E-state index in [1.165, 1.54) is 5.57 Å². The summed E-state index contributed by atoms with van der Waals surface area (Å²) < 4.78 is 0. The number of rotatable bonds is 7. The van der Waals surface area contributed by atoms with Crippen molar-refractivity contribution in [2.24, 2.45) is 16.9 Å². The van der Waals surface area contributed by atoms with Crippen LogP contribution in [0.4, 0.5) is 0 Å². The molecule has 0 spiro atoms. The number of nitrogens with one attached hydrogen (secondary N) is 2. The van der Waals surface area contributed by atoms with Crippen molar-refractivity contribution in [2.75, 3.05) is 0 Å². The first-order valence-electron chi connectivity index (χ1n) is 8.57. The van der Waals surface area contributed by atoms with Crippen LogP contribution in [0, 0.1) is 11.8 Å². The SMILES string of the molecule is CC(C)=C(C)N/N=C(/c1ccc(CNC(=O)C(C)C)cc1)C(C)C. The Kier molecular flexibility index (Phi) is 7.69. The number of hydrazone groups is 1. The van der Waals surface area contributed by atoms with Crippen molar-refractivity contribution in [3.05, 3.63) is 46.7 Å². The summed E-state index contributed by atoms with van der Waals surface area (Å²) in [6.07, 6.45) is 0. The van der Waals surface area contributed by atoms with Gasteiger partial charge in [-0.15, -0.1) is 0 Å². The van der Waals surface area contributed by atoms with Gasteiger partial charge in [0.2, 0.25) is 5.91 Å². The molecule has 0 aliphatic rings. The van der Waals surface area contributed by atoms with E-state index in [0.717, 1.165) is 22.5 Å². The summed E-state index contributed by atoms with van der Waals surface area (Å²) in [6, 6.07) is 8.22. The van der Waals surface area contributed by atoms with Gasteiger partial charge in [-0.25, -0.2) is 0 Å². The molecule has 1 rings (SSSR count). The second-order valence-corrected chi connectivity index (χ2v) is 6.96. The molecule has 0 atom stereocenters. The number of nitrogens with zero attached hydrogens (tertiary/aromatic N) is 1. The smallest absolute Gasteiger partial charge is 0.222 e. The van der Waals surface area contributed by atoms with Crippen molar-refractivity contribution in [1.82, 2.24) is 10.7 Å². The zero-order valence-electron chi connectivity index (χ0n) is 16.0. The molecule has 1 amide bonds. The number of hydrogen-bond donors (Lipinski definition) is 2. The molecule has 0 fully saturated rings. The van der Waals surface area contributed by atoms with E-state index in [-0.39, 0.29) is 11.8 Å². The summed E-state index contributed by atoms with van der Waals surface area (Å²) in [6.45, 7) is 14.8. The van der Waals surface area contributed by atoms with E-state index < -0.39 is 0 Å². The molecular weight excluding hydrogens is 298 g/mol. The van der Waals surface area contributed by atoms with Crippen molar-refractivity contribution in [3.8, 4) is 0 Å². The average molecular weight is 329 g/mol. The molecule has 2 N–H and O–H groups in total. The third-order valence-corrected chi connectivity index (χ3v) is 3.88. The molecule has 0 aliphatic carbocycles. The quantitative estimate of drug-likeness (QED) is 0.581. The zero-order chi connectivity index (χ0) is 18.3. The molecular formula is C20H31N3O. The van der Waals surface area contributed by atoms with E-state index in [1.54, 1.807) is 0 Å². The summed E-state index contributed by atoms with van der Waals surface area (Å²) in [4.78, 5) is 11.6. The van der Waals surface area contributed by atoms with Crippen LogP contribution in [0.1, 0.15) is 59.6 Å². The molecule has 0 aromatic heterocycles. The second-order valence-electron chi connectivity index (χ2n) is 6.96. The van der Waals surface area contributed by atoms with Crippen molar-refractivity contribution >= 4 is 11.6 Å². The van der Waals surface area contributed by atoms with Crippen LogP contribution in [0.15, 0.2) is 40.6 Å². The molecule has 0 bridgehead atoms. The van der Waals surface area contributed by atoms with Crippen LogP contribution < -0.4 is 10.7 Å². The zero-order valence-corrected chi connectivity index (χ0v) is 16.0. The predicted octanol–water partition coefficient (Wildman–Crippen LogP) is 4.22. The summed E-state index contributed by atoms with van der Waals surface area (Å²) >= 11 is 0. The number of carbonyl (C=O) groups is 1. The molecule has 0 heterocycles. The maximum Gasteiger partial charge on any atom is 0.222 e. The molecule has 0 saturated carbocycles. The standard InChI is InChI=1S/C20H31N3O/c1-13(2)16(7)22-23-19(14(3)4)18-10-8-17(9-11-18)12-21-20(24)15(5)6/h8-11,14-15,22H,12H2,1-7H3,(H,21,24)/b23-19+. The predicted molar refractivity (Wildman–Crippen MR) is 102 cm³/mol. The molecule has 24 heavy (non-hydrogen) atoms. The van der Waals surface area contributed by atoms with Crippen molar-refractivity contribution in [3.63, 3.8) is 0 Å². The molecule has 0 saturated heterocycles. The first-order valence-corrected chi connectivity index (χ1v) is 8.57. The first kappa shape index (κ1) is 19.9. The van der Waals surface area contributed by atoms with E-state index in [0.29, 0.717) is 12.5 Å². The lowest BCUT2D eigenvalue weighted by molar-refractivity contribution is -0.124. The molecule has 1 aromatic carbocycles. The van der Waals surface area contributed by atoms with E-state index in [1.807, 2.05) is 32.9 Å². The summed E-state index contributed by atoms with van der Waals surface area (Å²) in [5.74, 6) is 0.396. The Balaban J connectivity index is 2.85. The van der Waals surface area contributed by atoms with Gasteiger partial charge < -0.3 is 5.32 Å². The summed E-state index contributed by atoms with van der Waals surface area (Å²) in [5, 5.41) is 7.52. The Hall–Kier alpha value is -2.10. The highest BCUT2D eigenvalue weighted by Crippen LogP contribution is 2.12. The number of amides is 1. The molecule has 1 aromatic rings. The van der Waals surface area contributed by atoms with Gasteiger partial charge in [0.1, 0.15) is 0 Å². The Labute approximate surface area is 146 Å². The highest BCUT2D eigenvalue weighted by molar-refractivity contribution is 6.01. The van der Waals surface area contributed by atoms with Crippen LogP contribution in [0.25, 0.3) is 0 Å². The maximum absolute atomic E-state index is 11.6. The van der Waals surface area contributed by atoms with Gasteiger partial charge in [-0.05, 0) is 37.8 Å². The van der Waals surface area contributed by atoms with Gasteiger partial charge in [0.15, 0.2) is 0 Å². The van der Waals surface area contributed by atoms with Gasteiger partial charge in [-0.2, -0.15) is 5.10 Å². The minimum absolute atomic E-state index is 0.00772. The Bertz CT molecular complexity index is 606. The number of benzene rings is 1. The van der Waals surface area contributed by atoms with Crippen molar-refractivity contribution < 1.29 is 4.79 Å². The molecule has 4 heteroatoms. The highest BCUT2D eigenvalue weighted by atomic mass is 16.1. The van der Waals surface area contributed by atoms with Crippen LogP contribution in [-0.2, 0) is 11.3 Å². The number of carbonyl (C=O) groups excluding carboxylic acids is 1. The second kappa shape index (κ2) is 9.26. The van der Waals surface area contributed by atoms with Crippen LogP contribution in [0.2, 0.25) is 0 Å². The van der Waals surface area contributed by atoms with Crippen LogP contribution in [0.3, 0.4) is 0 Å². The fourth-order valence-electron chi connectivity index (χ4n) is 1.97. The third kappa shape index (κ3) is 6.19. The van der Waals surface area contributed by atoms with E-state index >= 15 is 0 Å². The lowest BCUT2D eigenvalue weighted by atomic mass is 9.99.